The molecule has 126 valence electrons. The van der Waals surface area contributed by atoms with E-state index in [0.717, 1.165) is 5.56 Å². The number of amides is 1. The summed E-state index contributed by atoms with van der Waals surface area (Å²) in [5.74, 6) is 0.117. The first-order valence-corrected chi connectivity index (χ1v) is 12.5. The zero-order valence-corrected chi connectivity index (χ0v) is 15.9. The SMILES string of the molecule is C=CC=C.O=C([NH][Ti]1([CH]2C=Cc3ccccc32)[CH2][CH2]1)c1ccccc1. The molecule has 0 aromatic heterocycles. The predicted molar refractivity (Wildman–Crippen MR) is 102 cm³/mol. The van der Waals surface area contributed by atoms with E-state index in [1.54, 1.807) is 12.2 Å². The molecular weight excluding hydrogens is 342 g/mol. The zero-order valence-electron chi connectivity index (χ0n) is 14.3. The fraction of sp³-hybridized carbons (Fsp3) is 0.136. The summed E-state index contributed by atoms with van der Waals surface area (Å²) in [6.07, 6.45) is 7.82. The Bertz CT molecular complexity index is 800. The van der Waals surface area contributed by atoms with Gasteiger partial charge in [-0.05, 0) is 0 Å². The van der Waals surface area contributed by atoms with Gasteiger partial charge in [0.05, 0.1) is 0 Å². The Balaban J connectivity index is 0.000000415. The topological polar surface area (TPSA) is 29.1 Å². The molecule has 3 heteroatoms. The van der Waals surface area contributed by atoms with Crippen LogP contribution in [0.15, 0.2) is 86.0 Å². The number of nitrogens with one attached hydrogen (secondary N) is 1. The first kappa shape index (κ1) is 17.7. The number of benzene rings is 2. The Kier molecular flexibility index (Phi) is 5.52. The monoisotopic (exact) mass is 365 g/mol. The normalized spacial score (nSPS) is 18.3. The third-order valence-electron chi connectivity index (χ3n) is 4.75. The Morgan fingerprint density at radius 3 is 2.28 bits per heavy atom. The first-order chi connectivity index (χ1) is 12.2. The Hall–Kier alpha value is -2.16. The van der Waals surface area contributed by atoms with Crippen LogP contribution >= 0.6 is 0 Å². The molecule has 2 aromatic carbocycles. The van der Waals surface area contributed by atoms with Gasteiger partial charge in [-0.1, -0.05) is 25.3 Å². The standard InChI is InChI=1S/C9H7.C7H7NO.C4H6.C2H4.Ti/c1-2-5-9-7-3-6-8(9)4-1;8-7(9)6-4-2-1-3-5-6;1-3-4-2;1-2;/h1-7H;1-5H,(H2,8,9);3-4H,1-2H2;1-2H2;/q;;;;+1/p-1. The molecule has 0 radical (unpaired) electrons. The van der Waals surface area contributed by atoms with Crippen molar-refractivity contribution in [1.29, 1.82) is 0 Å². The second kappa shape index (κ2) is 7.82. The van der Waals surface area contributed by atoms with Crippen LogP contribution in [0, 0.1) is 0 Å². The van der Waals surface area contributed by atoms with Gasteiger partial charge in [-0.15, -0.1) is 0 Å². The van der Waals surface area contributed by atoms with E-state index < -0.39 is 16.8 Å². The zero-order chi connectivity index (χ0) is 17.7. The van der Waals surface area contributed by atoms with E-state index in [9.17, 15) is 4.79 Å². The van der Waals surface area contributed by atoms with Gasteiger partial charge in [0.15, 0.2) is 0 Å². The molecule has 1 fully saturated rings. The van der Waals surface area contributed by atoms with Crippen LogP contribution in [0.5, 0.6) is 0 Å². The van der Waals surface area contributed by atoms with Crippen LogP contribution in [-0.2, 0) is 16.8 Å². The molecule has 0 bridgehead atoms. The van der Waals surface area contributed by atoms with E-state index >= 15 is 0 Å². The van der Waals surface area contributed by atoms with Crippen LogP contribution < -0.4 is 3.80 Å². The number of fused-ring (bicyclic) bond motifs is 1. The van der Waals surface area contributed by atoms with Crippen LogP contribution in [0.3, 0.4) is 0 Å². The van der Waals surface area contributed by atoms with E-state index in [-0.39, 0.29) is 5.91 Å². The summed E-state index contributed by atoms with van der Waals surface area (Å²) in [6, 6.07) is 18.2. The van der Waals surface area contributed by atoms with Gasteiger partial charge in [-0.3, -0.25) is 0 Å². The van der Waals surface area contributed by atoms with E-state index in [1.165, 1.54) is 20.6 Å². The second-order valence-corrected chi connectivity index (χ2v) is 12.9. The first-order valence-electron chi connectivity index (χ1n) is 8.58. The molecular formula is C22H23NOTi. The summed E-state index contributed by atoms with van der Waals surface area (Å²) in [7, 11) is 0. The maximum absolute atomic E-state index is 12.5. The molecule has 1 saturated heterocycles. The van der Waals surface area contributed by atoms with Gasteiger partial charge in [0.2, 0.25) is 0 Å². The Labute approximate surface area is 153 Å². The van der Waals surface area contributed by atoms with Gasteiger partial charge in [-0.25, -0.2) is 0 Å². The third kappa shape index (κ3) is 3.92. The van der Waals surface area contributed by atoms with E-state index in [1.807, 2.05) is 30.3 Å². The van der Waals surface area contributed by atoms with Crippen molar-refractivity contribution in [3.05, 3.63) is 103 Å². The van der Waals surface area contributed by atoms with Crippen LogP contribution in [0.4, 0.5) is 0 Å². The van der Waals surface area contributed by atoms with E-state index in [2.05, 4.69) is 53.4 Å². The number of allylic oxidation sites excluding steroid dienone is 3. The number of hydrogen-bond acceptors (Lipinski definition) is 1. The maximum atomic E-state index is 12.5. The molecule has 1 aliphatic carbocycles. The summed E-state index contributed by atoms with van der Waals surface area (Å²) in [5, 5.41) is 0. The third-order valence-corrected chi connectivity index (χ3v) is 11.0. The Morgan fingerprint density at radius 2 is 1.64 bits per heavy atom. The second-order valence-electron chi connectivity index (χ2n) is 6.41. The van der Waals surface area contributed by atoms with Gasteiger partial charge < -0.3 is 0 Å². The van der Waals surface area contributed by atoms with Crippen molar-refractivity contribution in [3.63, 3.8) is 0 Å². The molecule has 1 amide bonds. The molecule has 2 aromatic rings. The quantitative estimate of drug-likeness (QED) is 0.566. The van der Waals surface area contributed by atoms with Gasteiger partial charge in [0.1, 0.15) is 0 Å². The number of rotatable bonds is 4. The number of carbonyl (C=O) groups excluding carboxylic acids is 1. The van der Waals surface area contributed by atoms with Gasteiger partial charge in [0.25, 0.3) is 0 Å². The number of hydrogen-bond donors (Lipinski definition) is 1. The average molecular weight is 365 g/mol. The molecule has 25 heavy (non-hydrogen) atoms. The van der Waals surface area contributed by atoms with E-state index in [0.29, 0.717) is 4.22 Å². The van der Waals surface area contributed by atoms with Crippen molar-refractivity contribution >= 4 is 12.0 Å². The van der Waals surface area contributed by atoms with Crippen LogP contribution in [0.25, 0.3) is 6.08 Å². The van der Waals surface area contributed by atoms with Gasteiger partial charge >= 0.3 is 128 Å². The van der Waals surface area contributed by atoms with Crippen molar-refractivity contribution in [3.8, 4) is 0 Å². The number of carbonyl (C=O) groups is 1. The molecule has 2 nitrogen and oxygen atoms in total. The predicted octanol–water partition coefficient (Wildman–Crippen LogP) is 5.46. The van der Waals surface area contributed by atoms with Crippen molar-refractivity contribution < 1.29 is 21.6 Å². The molecule has 1 N–H and O–H groups in total. The average Bonchev–Trinajstić information content (AvgIpc) is 3.30. The molecule has 1 atom stereocenters. The van der Waals surface area contributed by atoms with Crippen LogP contribution in [0.2, 0.25) is 9.45 Å². The minimum absolute atomic E-state index is 0.117. The van der Waals surface area contributed by atoms with Crippen molar-refractivity contribution in [2.75, 3.05) is 0 Å². The van der Waals surface area contributed by atoms with Crippen LogP contribution in [-0.4, -0.2) is 5.91 Å². The molecule has 1 aliphatic heterocycles. The van der Waals surface area contributed by atoms with Gasteiger partial charge in [-0.2, -0.15) is 0 Å². The molecule has 2 aliphatic rings. The summed E-state index contributed by atoms with van der Waals surface area (Å²) in [4.78, 5) is 12.5. The molecule has 1 heterocycles. The summed E-state index contributed by atoms with van der Waals surface area (Å²) >= 11 is -2.27. The molecule has 0 saturated carbocycles. The summed E-state index contributed by atoms with van der Waals surface area (Å²) < 4.78 is 6.43. The summed E-state index contributed by atoms with van der Waals surface area (Å²) in [6.45, 7) is 6.72. The van der Waals surface area contributed by atoms with Crippen LogP contribution in [0.1, 0.15) is 25.7 Å². The fourth-order valence-electron chi connectivity index (χ4n) is 3.27. The van der Waals surface area contributed by atoms with Crippen molar-refractivity contribution in [1.82, 2.24) is 3.80 Å². The summed E-state index contributed by atoms with van der Waals surface area (Å²) in [5.41, 5.74) is 3.53. The molecule has 1 unspecified atom stereocenters. The molecule has 4 rings (SSSR count). The minimum atomic E-state index is -2.27. The fourth-order valence-corrected chi connectivity index (χ4v) is 10.0. The van der Waals surface area contributed by atoms with Gasteiger partial charge in [0, 0.05) is 0 Å². The Morgan fingerprint density at radius 1 is 1.00 bits per heavy atom. The molecule has 0 spiro atoms. The van der Waals surface area contributed by atoms with E-state index in [4.69, 9.17) is 0 Å². The van der Waals surface area contributed by atoms with Crippen molar-refractivity contribution in [2.45, 2.75) is 13.7 Å². The van der Waals surface area contributed by atoms with Crippen molar-refractivity contribution in [2.24, 2.45) is 0 Å².